The van der Waals surface area contributed by atoms with Crippen molar-refractivity contribution in [3.05, 3.63) is 35.4 Å². The normalized spacial score (nSPS) is 21.0. The van der Waals surface area contributed by atoms with Gasteiger partial charge in [-0.3, -0.25) is 0 Å². The second kappa shape index (κ2) is 7.42. The fourth-order valence-corrected chi connectivity index (χ4v) is 3.27. The van der Waals surface area contributed by atoms with E-state index in [-0.39, 0.29) is 6.04 Å². The first-order valence-electron chi connectivity index (χ1n) is 8.57. The zero-order valence-corrected chi connectivity index (χ0v) is 14.1. The monoisotopic (exact) mass is 288 g/mol. The van der Waals surface area contributed by atoms with Gasteiger partial charge in [0.05, 0.1) is 0 Å². The predicted molar refractivity (Wildman–Crippen MR) is 91.4 cm³/mol. The van der Waals surface area contributed by atoms with E-state index in [1.54, 1.807) is 0 Å². The molecule has 1 aliphatic rings. The van der Waals surface area contributed by atoms with Gasteiger partial charge in [-0.1, -0.05) is 51.5 Å². The molecule has 0 spiro atoms. The van der Waals surface area contributed by atoms with Gasteiger partial charge in [0.2, 0.25) is 0 Å². The van der Waals surface area contributed by atoms with E-state index in [4.69, 9.17) is 5.73 Å². The summed E-state index contributed by atoms with van der Waals surface area (Å²) in [7, 11) is 0. The smallest absolute Gasteiger partial charge is 0.0424 e. The summed E-state index contributed by atoms with van der Waals surface area (Å²) in [6.07, 6.45) is 6.29. The second-order valence-corrected chi connectivity index (χ2v) is 7.42. The molecule has 21 heavy (non-hydrogen) atoms. The maximum atomic E-state index is 6.43. The quantitative estimate of drug-likeness (QED) is 0.882. The van der Waals surface area contributed by atoms with Gasteiger partial charge in [-0.25, -0.2) is 0 Å². The maximum Gasteiger partial charge on any atom is 0.0424 e. The molecule has 1 fully saturated rings. The highest BCUT2D eigenvalue weighted by molar-refractivity contribution is 5.25. The van der Waals surface area contributed by atoms with Crippen LogP contribution in [-0.4, -0.2) is 24.5 Å². The molecular weight excluding hydrogens is 256 g/mol. The number of hydrogen-bond acceptors (Lipinski definition) is 2. The van der Waals surface area contributed by atoms with E-state index in [0.29, 0.717) is 5.41 Å². The van der Waals surface area contributed by atoms with E-state index in [1.807, 2.05) is 0 Å². The van der Waals surface area contributed by atoms with Crippen LogP contribution >= 0.6 is 0 Å². The molecule has 2 N–H and O–H groups in total. The molecule has 1 unspecified atom stereocenters. The minimum absolute atomic E-state index is 0.141. The van der Waals surface area contributed by atoms with E-state index >= 15 is 0 Å². The molecule has 2 heteroatoms. The molecule has 1 aromatic rings. The van der Waals surface area contributed by atoms with Gasteiger partial charge in [-0.05, 0) is 55.3 Å². The number of nitrogens with two attached hydrogens (primary N) is 1. The lowest BCUT2D eigenvalue weighted by Crippen LogP contribution is -2.33. The lowest BCUT2D eigenvalue weighted by Gasteiger charge is -2.25. The second-order valence-electron chi connectivity index (χ2n) is 7.42. The minimum atomic E-state index is 0.141. The Hall–Kier alpha value is -0.860. The summed E-state index contributed by atoms with van der Waals surface area (Å²) in [6.45, 7) is 10.4. The van der Waals surface area contributed by atoms with Crippen molar-refractivity contribution in [1.29, 1.82) is 0 Å². The zero-order chi connectivity index (χ0) is 15.3. The van der Waals surface area contributed by atoms with Crippen LogP contribution in [0.3, 0.4) is 0 Å². The summed E-state index contributed by atoms with van der Waals surface area (Å²) in [4.78, 5) is 2.55. The van der Waals surface area contributed by atoms with Crippen LogP contribution in [0.15, 0.2) is 24.3 Å². The molecule has 1 saturated heterocycles. The first-order chi connectivity index (χ1) is 10.00. The number of hydrogen-bond donors (Lipinski definition) is 1. The number of benzene rings is 1. The van der Waals surface area contributed by atoms with Crippen molar-refractivity contribution in [1.82, 2.24) is 4.90 Å². The third-order valence-corrected chi connectivity index (χ3v) is 4.83. The molecule has 1 heterocycles. The fraction of sp³-hybridized carbons (Fsp3) is 0.684. The molecule has 0 radical (unpaired) electrons. The average molecular weight is 288 g/mol. The predicted octanol–water partition coefficient (Wildman–Crippen LogP) is 4.15. The van der Waals surface area contributed by atoms with Crippen LogP contribution in [0.25, 0.3) is 0 Å². The molecule has 1 aromatic carbocycles. The van der Waals surface area contributed by atoms with E-state index in [1.165, 1.54) is 49.9 Å². The van der Waals surface area contributed by atoms with Crippen molar-refractivity contribution in [2.75, 3.05) is 19.6 Å². The van der Waals surface area contributed by atoms with Crippen LogP contribution in [0.1, 0.15) is 63.6 Å². The molecule has 0 aliphatic carbocycles. The Morgan fingerprint density at radius 3 is 2.52 bits per heavy atom. The van der Waals surface area contributed by atoms with Crippen LogP contribution in [0.4, 0.5) is 0 Å². The number of rotatable bonds is 5. The Morgan fingerprint density at radius 1 is 1.14 bits per heavy atom. The van der Waals surface area contributed by atoms with Gasteiger partial charge in [0.25, 0.3) is 0 Å². The SMILES string of the molecule is CCCc1ccc(C(N)CN2CCCC(C)(C)CC2)cc1. The highest BCUT2D eigenvalue weighted by atomic mass is 15.1. The van der Waals surface area contributed by atoms with Crippen LogP contribution in [0, 0.1) is 5.41 Å². The van der Waals surface area contributed by atoms with E-state index < -0.39 is 0 Å². The molecule has 0 saturated carbocycles. The van der Waals surface area contributed by atoms with Gasteiger partial charge in [-0.15, -0.1) is 0 Å². The lowest BCUT2D eigenvalue weighted by atomic mass is 9.85. The first kappa shape index (κ1) is 16.5. The van der Waals surface area contributed by atoms with Crippen LogP contribution in [-0.2, 0) is 6.42 Å². The Bertz CT molecular complexity index is 422. The highest BCUT2D eigenvalue weighted by Gasteiger charge is 2.23. The minimum Gasteiger partial charge on any atom is -0.323 e. The van der Waals surface area contributed by atoms with Gasteiger partial charge < -0.3 is 10.6 Å². The largest absolute Gasteiger partial charge is 0.323 e. The molecule has 1 aliphatic heterocycles. The van der Waals surface area contributed by atoms with Crippen LogP contribution in [0.2, 0.25) is 0 Å². The number of nitrogens with zero attached hydrogens (tertiary/aromatic N) is 1. The molecule has 118 valence electrons. The summed E-state index contributed by atoms with van der Waals surface area (Å²) in [5, 5.41) is 0. The third-order valence-electron chi connectivity index (χ3n) is 4.83. The molecule has 0 bridgehead atoms. The van der Waals surface area contributed by atoms with Crippen LogP contribution < -0.4 is 5.73 Å². The molecule has 2 nitrogen and oxygen atoms in total. The Labute approximate surface area is 130 Å². The molecule has 2 rings (SSSR count). The van der Waals surface area contributed by atoms with Crippen LogP contribution in [0.5, 0.6) is 0 Å². The van der Waals surface area contributed by atoms with E-state index in [0.717, 1.165) is 13.0 Å². The fourth-order valence-electron chi connectivity index (χ4n) is 3.27. The zero-order valence-electron chi connectivity index (χ0n) is 14.1. The maximum absolute atomic E-state index is 6.43. The van der Waals surface area contributed by atoms with Gasteiger partial charge in [0.1, 0.15) is 0 Å². The molecule has 0 amide bonds. The van der Waals surface area contributed by atoms with Crippen molar-refractivity contribution >= 4 is 0 Å². The van der Waals surface area contributed by atoms with Crippen molar-refractivity contribution in [3.63, 3.8) is 0 Å². The standard InChI is InChI=1S/C19H32N2/c1-4-6-16-7-9-17(10-8-16)18(20)15-21-13-5-11-19(2,3)12-14-21/h7-10,18H,4-6,11-15,20H2,1-3H3. The Morgan fingerprint density at radius 2 is 1.86 bits per heavy atom. The summed E-state index contributed by atoms with van der Waals surface area (Å²) < 4.78 is 0. The van der Waals surface area contributed by atoms with Gasteiger partial charge in [-0.2, -0.15) is 0 Å². The summed E-state index contributed by atoms with van der Waals surface area (Å²) in [5.74, 6) is 0. The Balaban J connectivity index is 1.89. The first-order valence-corrected chi connectivity index (χ1v) is 8.57. The number of aryl methyl sites for hydroxylation is 1. The highest BCUT2D eigenvalue weighted by Crippen LogP contribution is 2.30. The molecule has 0 aromatic heterocycles. The molecular formula is C19H32N2. The van der Waals surface area contributed by atoms with Crippen molar-refractivity contribution < 1.29 is 0 Å². The number of likely N-dealkylation sites (tertiary alicyclic amines) is 1. The summed E-state index contributed by atoms with van der Waals surface area (Å²) in [5.41, 5.74) is 9.62. The van der Waals surface area contributed by atoms with Gasteiger partial charge in [0, 0.05) is 12.6 Å². The topological polar surface area (TPSA) is 29.3 Å². The average Bonchev–Trinajstić information content (AvgIpc) is 2.61. The summed E-state index contributed by atoms with van der Waals surface area (Å²) >= 11 is 0. The van der Waals surface area contributed by atoms with Crippen molar-refractivity contribution in [3.8, 4) is 0 Å². The van der Waals surface area contributed by atoms with Crippen molar-refractivity contribution in [2.24, 2.45) is 11.1 Å². The summed E-state index contributed by atoms with van der Waals surface area (Å²) in [6, 6.07) is 9.06. The molecule has 1 atom stereocenters. The van der Waals surface area contributed by atoms with Crippen molar-refractivity contribution in [2.45, 2.75) is 58.9 Å². The van der Waals surface area contributed by atoms with E-state index in [2.05, 4.69) is 49.9 Å². The Kier molecular flexibility index (Phi) is 5.83. The third kappa shape index (κ3) is 5.12. The van der Waals surface area contributed by atoms with Gasteiger partial charge in [0.15, 0.2) is 0 Å². The van der Waals surface area contributed by atoms with Gasteiger partial charge >= 0.3 is 0 Å². The van der Waals surface area contributed by atoms with E-state index in [9.17, 15) is 0 Å². The lowest BCUT2D eigenvalue weighted by molar-refractivity contribution is 0.250.